The van der Waals surface area contributed by atoms with Gasteiger partial charge < -0.3 is 15.0 Å². The molecule has 0 saturated carbocycles. The van der Waals surface area contributed by atoms with Gasteiger partial charge in [-0.1, -0.05) is 11.6 Å². The maximum Gasteiger partial charge on any atom is 0.261 e. The van der Waals surface area contributed by atoms with E-state index in [0.717, 1.165) is 24.3 Å². The van der Waals surface area contributed by atoms with Crippen LogP contribution in [0.1, 0.15) is 12.0 Å². The van der Waals surface area contributed by atoms with Crippen LogP contribution in [0.4, 0.5) is 17.1 Å². The molecule has 1 amide bonds. The number of aryl methyl sites for hydroxylation is 1. The van der Waals surface area contributed by atoms with E-state index in [2.05, 4.69) is 14.9 Å². The molecule has 148 valence electrons. The van der Waals surface area contributed by atoms with E-state index >= 15 is 0 Å². The van der Waals surface area contributed by atoms with Crippen molar-refractivity contribution in [1.82, 2.24) is 0 Å². The molecule has 0 spiro atoms. The van der Waals surface area contributed by atoms with Crippen molar-refractivity contribution in [3.05, 3.63) is 47.0 Å². The Morgan fingerprint density at radius 2 is 1.86 bits per heavy atom. The molecule has 9 heteroatoms. The second-order valence-corrected chi connectivity index (χ2v) is 8.83. The molecule has 0 unspecified atom stereocenters. The third-order valence-electron chi connectivity index (χ3n) is 4.83. The van der Waals surface area contributed by atoms with E-state index in [1.54, 1.807) is 24.3 Å². The molecule has 2 aromatic rings. The van der Waals surface area contributed by atoms with Gasteiger partial charge in [0.1, 0.15) is 0 Å². The summed E-state index contributed by atoms with van der Waals surface area (Å²) in [6.45, 7) is 2.78. The molecule has 2 heterocycles. The van der Waals surface area contributed by atoms with Gasteiger partial charge in [0.15, 0.2) is 0 Å². The first-order chi connectivity index (χ1) is 13.4. The molecule has 4 rings (SSSR count). The van der Waals surface area contributed by atoms with Gasteiger partial charge in [-0.25, -0.2) is 8.42 Å². The van der Waals surface area contributed by atoms with Crippen LogP contribution < -0.4 is 14.9 Å². The number of hydrogen-bond donors (Lipinski definition) is 2. The second kappa shape index (κ2) is 7.62. The molecule has 0 bridgehead atoms. The van der Waals surface area contributed by atoms with Crippen LogP contribution in [-0.2, 0) is 26.0 Å². The van der Waals surface area contributed by atoms with Crippen molar-refractivity contribution in [1.29, 1.82) is 0 Å². The molecule has 0 radical (unpaired) electrons. The molecule has 7 nitrogen and oxygen atoms in total. The molecule has 2 aromatic carbocycles. The molecule has 2 N–H and O–H groups in total. The van der Waals surface area contributed by atoms with Gasteiger partial charge >= 0.3 is 0 Å². The Hall–Kier alpha value is -2.29. The molecular weight excluding hydrogens is 402 g/mol. The summed E-state index contributed by atoms with van der Waals surface area (Å²) in [5.41, 5.74) is 2.72. The molecule has 28 heavy (non-hydrogen) atoms. The Labute approximate surface area is 168 Å². The highest BCUT2D eigenvalue weighted by Gasteiger charge is 2.21. The van der Waals surface area contributed by atoms with Crippen LogP contribution in [0.25, 0.3) is 0 Å². The Balaban J connectivity index is 1.54. The summed E-state index contributed by atoms with van der Waals surface area (Å²) in [5, 5.41) is 3.23. The van der Waals surface area contributed by atoms with Crippen LogP contribution >= 0.6 is 11.6 Å². The van der Waals surface area contributed by atoms with Crippen LogP contribution in [0.5, 0.6) is 0 Å². The fourth-order valence-electron chi connectivity index (χ4n) is 3.37. The second-order valence-electron chi connectivity index (χ2n) is 6.74. The number of morpholine rings is 1. The Morgan fingerprint density at radius 3 is 2.61 bits per heavy atom. The van der Waals surface area contributed by atoms with Crippen molar-refractivity contribution in [2.45, 2.75) is 17.7 Å². The van der Waals surface area contributed by atoms with E-state index < -0.39 is 10.0 Å². The number of carbonyl (C=O) groups is 1. The molecule has 2 aliphatic heterocycles. The zero-order chi connectivity index (χ0) is 19.7. The zero-order valence-electron chi connectivity index (χ0n) is 15.1. The van der Waals surface area contributed by atoms with Gasteiger partial charge in [0.25, 0.3) is 10.0 Å². The Kier molecular flexibility index (Phi) is 5.18. The number of rotatable bonds is 4. The quantitative estimate of drug-likeness (QED) is 0.792. The lowest BCUT2D eigenvalue weighted by molar-refractivity contribution is -0.116. The maximum atomic E-state index is 12.8. The first-order valence-corrected chi connectivity index (χ1v) is 10.9. The fraction of sp³-hybridized carbons (Fsp3) is 0.316. The van der Waals surface area contributed by atoms with E-state index in [1.165, 1.54) is 6.07 Å². The molecule has 1 fully saturated rings. The lowest BCUT2D eigenvalue weighted by atomic mass is 10.0. The van der Waals surface area contributed by atoms with Crippen molar-refractivity contribution in [3.63, 3.8) is 0 Å². The van der Waals surface area contributed by atoms with E-state index in [-0.39, 0.29) is 10.8 Å². The topological polar surface area (TPSA) is 87.7 Å². The number of ether oxygens (including phenoxy) is 1. The first kappa shape index (κ1) is 19.0. The van der Waals surface area contributed by atoms with Gasteiger partial charge in [-0.3, -0.25) is 9.52 Å². The van der Waals surface area contributed by atoms with Gasteiger partial charge in [0, 0.05) is 25.2 Å². The van der Waals surface area contributed by atoms with Crippen molar-refractivity contribution >= 4 is 44.6 Å². The predicted molar refractivity (Wildman–Crippen MR) is 109 cm³/mol. The van der Waals surface area contributed by atoms with Crippen molar-refractivity contribution < 1.29 is 17.9 Å². The van der Waals surface area contributed by atoms with Crippen LogP contribution in [0, 0.1) is 0 Å². The summed E-state index contributed by atoms with van der Waals surface area (Å²) in [6.07, 6.45) is 0.868. The molecule has 0 aliphatic carbocycles. The number of fused-ring (bicyclic) bond motifs is 1. The smallest absolute Gasteiger partial charge is 0.261 e. The van der Waals surface area contributed by atoms with Gasteiger partial charge in [0.05, 0.1) is 34.5 Å². The number of benzene rings is 2. The van der Waals surface area contributed by atoms with Crippen LogP contribution in [-0.4, -0.2) is 40.6 Å². The average molecular weight is 422 g/mol. The molecule has 0 atom stereocenters. The summed E-state index contributed by atoms with van der Waals surface area (Å²) in [6, 6.07) is 9.83. The standard InChI is InChI=1S/C19H20ClN3O4S/c20-16-12-14(2-5-18(16)23-7-9-27-10-8-23)22-28(25,26)15-3-4-17-13(11-15)1-6-19(24)21-17/h2-5,11-12,22H,1,6-10H2,(H,21,24). The van der Waals surface area contributed by atoms with Crippen molar-refractivity contribution in [3.8, 4) is 0 Å². The average Bonchev–Trinajstić information content (AvgIpc) is 2.68. The summed E-state index contributed by atoms with van der Waals surface area (Å²) >= 11 is 6.39. The Morgan fingerprint density at radius 1 is 1.07 bits per heavy atom. The highest BCUT2D eigenvalue weighted by atomic mass is 35.5. The highest BCUT2D eigenvalue weighted by molar-refractivity contribution is 7.92. The molecule has 1 saturated heterocycles. The number of carbonyl (C=O) groups excluding carboxylic acids is 1. The van der Waals surface area contributed by atoms with E-state index in [4.69, 9.17) is 16.3 Å². The molecular formula is C19H20ClN3O4S. The minimum Gasteiger partial charge on any atom is -0.378 e. The largest absolute Gasteiger partial charge is 0.378 e. The summed E-state index contributed by atoms with van der Waals surface area (Å²) < 4.78 is 33.5. The van der Waals surface area contributed by atoms with Crippen LogP contribution in [0.15, 0.2) is 41.3 Å². The normalized spacial score (nSPS) is 17.0. The molecule has 0 aromatic heterocycles. The summed E-state index contributed by atoms with van der Waals surface area (Å²) in [7, 11) is -3.77. The summed E-state index contributed by atoms with van der Waals surface area (Å²) in [5.74, 6) is -0.0590. The molecule has 2 aliphatic rings. The number of sulfonamides is 1. The minimum atomic E-state index is -3.77. The third kappa shape index (κ3) is 3.94. The van der Waals surface area contributed by atoms with Crippen molar-refractivity contribution in [2.24, 2.45) is 0 Å². The van der Waals surface area contributed by atoms with E-state index in [0.29, 0.717) is 42.5 Å². The first-order valence-electron chi connectivity index (χ1n) is 9.00. The minimum absolute atomic E-state index is 0.0590. The number of halogens is 1. The van der Waals surface area contributed by atoms with Gasteiger partial charge in [-0.05, 0) is 48.4 Å². The monoisotopic (exact) mass is 421 g/mol. The third-order valence-corrected chi connectivity index (χ3v) is 6.52. The number of anilines is 3. The number of nitrogens with one attached hydrogen (secondary N) is 2. The predicted octanol–water partition coefficient (Wildman–Crippen LogP) is 2.86. The maximum absolute atomic E-state index is 12.8. The van der Waals surface area contributed by atoms with E-state index in [1.807, 2.05) is 6.07 Å². The summed E-state index contributed by atoms with van der Waals surface area (Å²) in [4.78, 5) is 13.7. The SMILES string of the molecule is O=C1CCc2cc(S(=O)(=O)Nc3ccc(N4CCOCC4)c(Cl)c3)ccc2N1. The van der Waals surface area contributed by atoms with Crippen LogP contribution in [0.2, 0.25) is 5.02 Å². The Bertz CT molecular complexity index is 1020. The number of amides is 1. The number of hydrogen-bond acceptors (Lipinski definition) is 5. The van der Waals surface area contributed by atoms with Gasteiger partial charge in [0.2, 0.25) is 5.91 Å². The van der Waals surface area contributed by atoms with Gasteiger partial charge in [-0.2, -0.15) is 0 Å². The zero-order valence-corrected chi connectivity index (χ0v) is 16.6. The van der Waals surface area contributed by atoms with Gasteiger partial charge in [-0.15, -0.1) is 0 Å². The van der Waals surface area contributed by atoms with Crippen LogP contribution in [0.3, 0.4) is 0 Å². The highest BCUT2D eigenvalue weighted by Crippen LogP contribution is 2.31. The van der Waals surface area contributed by atoms with Crippen molar-refractivity contribution in [2.75, 3.05) is 41.2 Å². The lowest BCUT2D eigenvalue weighted by Crippen LogP contribution is -2.36. The lowest BCUT2D eigenvalue weighted by Gasteiger charge is -2.29. The fourth-order valence-corrected chi connectivity index (χ4v) is 4.77. The van der Waals surface area contributed by atoms with E-state index in [9.17, 15) is 13.2 Å². The number of nitrogens with zero attached hydrogens (tertiary/aromatic N) is 1.